The molecule has 0 aliphatic rings. The second-order valence-electron chi connectivity index (χ2n) is 3.28. The Hall–Kier alpha value is -1.14. The van der Waals surface area contributed by atoms with E-state index in [4.69, 9.17) is 9.47 Å². The molecule has 0 unspecified atom stereocenters. The Balaban J connectivity index is 2.13. The number of ether oxygens (including phenoxy) is 2. The molecule has 1 heterocycles. The van der Waals surface area contributed by atoms with Crippen molar-refractivity contribution in [3.05, 3.63) is 40.5 Å². The van der Waals surface area contributed by atoms with Gasteiger partial charge in [0.15, 0.2) is 0 Å². The van der Waals surface area contributed by atoms with Crippen LogP contribution in [0.25, 0.3) is 0 Å². The number of hydrogen-bond donors (Lipinski definition) is 1. The summed E-state index contributed by atoms with van der Waals surface area (Å²) in [6.07, 6.45) is 1.70. The molecular weight excluding hydrogens is 304 g/mol. The Kier molecular flexibility index (Phi) is 3.96. The van der Waals surface area contributed by atoms with Crippen molar-refractivity contribution in [2.24, 2.45) is 0 Å². The van der Waals surface area contributed by atoms with Gasteiger partial charge in [0.25, 0.3) is 0 Å². The van der Waals surface area contributed by atoms with E-state index in [0.29, 0.717) is 12.5 Å². The summed E-state index contributed by atoms with van der Waals surface area (Å²) in [4.78, 5) is 0. The summed E-state index contributed by atoms with van der Waals surface area (Å²) in [5.41, 5.74) is 0.948. The van der Waals surface area contributed by atoms with Crippen LogP contribution in [0.1, 0.15) is 5.56 Å². The first-order valence-electron chi connectivity index (χ1n) is 4.90. The van der Waals surface area contributed by atoms with E-state index in [1.807, 2.05) is 18.2 Å². The molecule has 4 nitrogen and oxygen atoms in total. The lowest BCUT2D eigenvalue weighted by molar-refractivity contribution is 0.284. The standard InChI is InChI=1S/C11H11BrN2O2S/c1-15-10-4-2-3-9(12)8(10)7-16-11-5-6-14(17)13-11/h2-6,17H,7H2,1H3. The van der Waals surface area contributed by atoms with Gasteiger partial charge in [-0.1, -0.05) is 22.0 Å². The van der Waals surface area contributed by atoms with Crippen LogP contribution in [0.3, 0.4) is 0 Å². The van der Waals surface area contributed by atoms with Gasteiger partial charge in [0, 0.05) is 22.3 Å². The number of halogens is 1. The summed E-state index contributed by atoms with van der Waals surface area (Å²) in [5.74, 6) is 1.31. The number of nitrogens with zero attached hydrogens (tertiary/aromatic N) is 2. The van der Waals surface area contributed by atoms with Crippen molar-refractivity contribution in [1.29, 1.82) is 0 Å². The lowest BCUT2D eigenvalue weighted by atomic mass is 10.2. The minimum absolute atomic E-state index is 0.384. The summed E-state index contributed by atoms with van der Waals surface area (Å²) < 4.78 is 13.2. The summed E-state index contributed by atoms with van der Waals surface area (Å²) in [7, 11) is 1.63. The molecule has 1 aromatic carbocycles. The monoisotopic (exact) mass is 314 g/mol. The molecule has 0 atom stereocenters. The predicted molar refractivity (Wildman–Crippen MR) is 71.6 cm³/mol. The zero-order valence-electron chi connectivity index (χ0n) is 9.13. The first-order chi connectivity index (χ1) is 8.20. The van der Waals surface area contributed by atoms with E-state index in [2.05, 4.69) is 33.8 Å². The van der Waals surface area contributed by atoms with Crippen LogP contribution < -0.4 is 9.47 Å². The van der Waals surface area contributed by atoms with E-state index in [0.717, 1.165) is 15.8 Å². The minimum atomic E-state index is 0.384. The van der Waals surface area contributed by atoms with Crippen molar-refractivity contribution in [2.45, 2.75) is 6.61 Å². The fourth-order valence-electron chi connectivity index (χ4n) is 1.39. The van der Waals surface area contributed by atoms with Crippen molar-refractivity contribution in [1.82, 2.24) is 9.19 Å². The molecule has 2 aromatic rings. The molecular formula is C11H11BrN2O2S. The molecule has 0 bridgehead atoms. The smallest absolute Gasteiger partial charge is 0.234 e. The van der Waals surface area contributed by atoms with Gasteiger partial charge in [0.1, 0.15) is 12.4 Å². The highest BCUT2D eigenvalue weighted by molar-refractivity contribution is 9.10. The zero-order chi connectivity index (χ0) is 12.3. The maximum atomic E-state index is 5.55. The number of thiol groups is 1. The molecule has 17 heavy (non-hydrogen) atoms. The minimum Gasteiger partial charge on any atom is -0.496 e. The maximum Gasteiger partial charge on any atom is 0.234 e. The van der Waals surface area contributed by atoms with E-state index < -0.39 is 0 Å². The number of aromatic nitrogens is 2. The highest BCUT2D eigenvalue weighted by atomic mass is 79.9. The molecule has 0 aliphatic carbocycles. The molecule has 0 aliphatic heterocycles. The van der Waals surface area contributed by atoms with Gasteiger partial charge in [-0.2, -0.15) is 0 Å². The van der Waals surface area contributed by atoms with Gasteiger partial charge in [-0.15, -0.1) is 5.10 Å². The quantitative estimate of drug-likeness (QED) is 0.881. The van der Waals surface area contributed by atoms with E-state index in [1.54, 1.807) is 19.4 Å². The van der Waals surface area contributed by atoms with Crippen LogP contribution in [0, 0.1) is 0 Å². The fourth-order valence-corrected chi connectivity index (χ4v) is 2.01. The average Bonchev–Trinajstić information content (AvgIpc) is 2.73. The molecule has 2 rings (SSSR count). The lowest BCUT2D eigenvalue weighted by Gasteiger charge is -2.10. The molecule has 0 spiro atoms. The summed E-state index contributed by atoms with van der Waals surface area (Å²) >= 11 is 7.50. The molecule has 0 amide bonds. The van der Waals surface area contributed by atoms with Crippen molar-refractivity contribution in [3.63, 3.8) is 0 Å². The normalized spacial score (nSPS) is 10.3. The van der Waals surface area contributed by atoms with Crippen molar-refractivity contribution < 1.29 is 9.47 Å². The number of hydrogen-bond acceptors (Lipinski definition) is 4. The lowest BCUT2D eigenvalue weighted by Crippen LogP contribution is -2.00. The van der Waals surface area contributed by atoms with Gasteiger partial charge < -0.3 is 9.47 Å². The SMILES string of the molecule is COc1cccc(Br)c1COc1ccn(S)n1. The average molecular weight is 315 g/mol. The Morgan fingerprint density at radius 1 is 1.41 bits per heavy atom. The van der Waals surface area contributed by atoms with Gasteiger partial charge in [-0.25, -0.2) is 4.09 Å². The maximum absolute atomic E-state index is 5.55. The Labute approximate surface area is 113 Å². The number of methoxy groups -OCH3 is 1. The van der Waals surface area contributed by atoms with Crippen LogP contribution in [0.5, 0.6) is 11.6 Å². The van der Waals surface area contributed by atoms with Gasteiger partial charge >= 0.3 is 0 Å². The molecule has 0 radical (unpaired) electrons. The first kappa shape index (κ1) is 12.3. The summed E-state index contributed by atoms with van der Waals surface area (Å²) in [5, 5.41) is 4.01. The second-order valence-corrected chi connectivity index (χ2v) is 4.55. The molecule has 0 saturated heterocycles. The third-order valence-corrected chi connectivity index (χ3v) is 3.18. The van der Waals surface area contributed by atoms with E-state index in [-0.39, 0.29) is 0 Å². The Bertz CT molecular complexity index is 516. The van der Waals surface area contributed by atoms with E-state index in [9.17, 15) is 0 Å². The van der Waals surface area contributed by atoms with Crippen LogP contribution in [0.4, 0.5) is 0 Å². The molecule has 0 saturated carbocycles. The summed E-state index contributed by atoms with van der Waals surface area (Å²) in [6.45, 7) is 0.384. The van der Waals surface area contributed by atoms with Gasteiger partial charge in [0.2, 0.25) is 5.88 Å². The molecule has 6 heteroatoms. The molecule has 90 valence electrons. The van der Waals surface area contributed by atoms with Crippen LogP contribution in [0.2, 0.25) is 0 Å². The first-order valence-corrected chi connectivity index (χ1v) is 6.09. The number of rotatable bonds is 4. The summed E-state index contributed by atoms with van der Waals surface area (Å²) in [6, 6.07) is 7.49. The van der Waals surface area contributed by atoms with Gasteiger partial charge in [0.05, 0.1) is 7.11 Å². The third kappa shape index (κ3) is 2.95. The Morgan fingerprint density at radius 3 is 2.88 bits per heavy atom. The highest BCUT2D eigenvalue weighted by Gasteiger charge is 2.08. The predicted octanol–water partition coefficient (Wildman–Crippen LogP) is 2.93. The fraction of sp³-hybridized carbons (Fsp3) is 0.182. The number of benzene rings is 1. The highest BCUT2D eigenvalue weighted by Crippen LogP contribution is 2.27. The van der Waals surface area contributed by atoms with Gasteiger partial charge in [-0.05, 0) is 24.9 Å². The largest absolute Gasteiger partial charge is 0.496 e. The van der Waals surface area contributed by atoms with Crippen LogP contribution in [-0.2, 0) is 6.61 Å². The molecule has 1 aromatic heterocycles. The van der Waals surface area contributed by atoms with E-state index >= 15 is 0 Å². The topological polar surface area (TPSA) is 36.3 Å². The second kappa shape index (κ2) is 5.46. The van der Waals surface area contributed by atoms with E-state index in [1.165, 1.54) is 4.09 Å². The van der Waals surface area contributed by atoms with Crippen LogP contribution >= 0.6 is 28.7 Å². The zero-order valence-corrected chi connectivity index (χ0v) is 11.6. The Morgan fingerprint density at radius 2 is 2.24 bits per heavy atom. The molecule has 0 N–H and O–H groups in total. The van der Waals surface area contributed by atoms with Crippen molar-refractivity contribution >= 4 is 28.7 Å². The van der Waals surface area contributed by atoms with Crippen LogP contribution in [0.15, 0.2) is 34.9 Å². The third-order valence-electron chi connectivity index (χ3n) is 2.21. The molecule has 0 fully saturated rings. The van der Waals surface area contributed by atoms with Crippen molar-refractivity contribution in [3.8, 4) is 11.6 Å². The van der Waals surface area contributed by atoms with Crippen LogP contribution in [-0.4, -0.2) is 16.3 Å². The van der Waals surface area contributed by atoms with Gasteiger partial charge in [-0.3, -0.25) is 0 Å². The van der Waals surface area contributed by atoms with Crippen molar-refractivity contribution in [2.75, 3.05) is 7.11 Å².